The minimum atomic E-state index is -0.420. The van der Waals surface area contributed by atoms with Crippen LogP contribution < -0.4 is 0 Å². The average Bonchev–Trinajstić information content (AvgIpc) is 2.96. The second kappa shape index (κ2) is 6.20. The van der Waals surface area contributed by atoms with Gasteiger partial charge in [0.25, 0.3) is 0 Å². The van der Waals surface area contributed by atoms with Crippen LogP contribution in [0.15, 0.2) is 77.4 Å². The lowest BCUT2D eigenvalue weighted by molar-refractivity contribution is -0.129. The fourth-order valence-electron chi connectivity index (χ4n) is 2.58. The molecule has 1 aliphatic rings. The number of carbonyl (C=O) groups is 1. The highest BCUT2D eigenvalue weighted by atomic mass is 127. The fraction of sp³-hybridized carbons (Fsp3) is 0. The number of benzene rings is 3. The molecule has 0 bridgehead atoms. The molecule has 0 amide bonds. The molecular formula is C20H12INO2. The van der Waals surface area contributed by atoms with Gasteiger partial charge in [-0.2, -0.15) is 0 Å². The van der Waals surface area contributed by atoms with Crippen molar-refractivity contribution >= 4 is 51.3 Å². The Kier molecular flexibility index (Phi) is 3.90. The van der Waals surface area contributed by atoms with Crippen molar-refractivity contribution in [2.45, 2.75) is 0 Å². The van der Waals surface area contributed by atoms with Gasteiger partial charge in [0.1, 0.15) is 0 Å². The maximum absolute atomic E-state index is 12.1. The Morgan fingerprint density at radius 3 is 2.46 bits per heavy atom. The van der Waals surface area contributed by atoms with Gasteiger partial charge in [0.2, 0.25) is 5.90 Å². The van der Waals surface area contributed by atoms with Crippen LogP contribution in [0.3, 0.4) is 0 Å². The molecule has 1 heterocycles. The molecule has 4 rings (SSSR count). The summed E-state index contributed by atoms with van der Waals surface area (Å²) in [6.45, 7) is 0. The minimum absolute atomic E-state index is 0.318. The first-order valence-corrected chi connectivity index (χ1v) is 8.54. The molecule has 0 unspecified atom stereocenters. The van der Waals surface area contributed by atoms with E-state index in [4.69, 9.17) is 4.74 Å². The second-order valence-corrected chi connectivity index (χ2v) is 6.70. The molecule has 3 aromatic carbocycles. The van der Waals surface area contributed by atoms with E-state index in [2.05, 4.69) is 33.6 Å². The van der Waals surface area contributed by atoms with Gasteiger partial charge in [-0.3, -0.25) is 0 Å². The molecule has 0 radical (unpaired) electrons. The molecule has 0 aliphatic carbocycles. The number of carbonyl (C=O) groups excluding carboxylic acids is 1. The molecule has 116 valence electrons. The van der Waals surface area contributed by atoms with Crippen molar-refractivity contribution in [3.63, 3.8) is 0 Å². The zero-order valence-electron chi connectivity index (χ0n) is 12.6. The van der Waals surface area contributed by atoms with Crippen molar-refractivity contribution in [2.75, 3.05) is 0 Å². The first-order chi connectivity index (χ1) is 11.7. The molecule has 0 atom stereocenters. The first-order valence-electron chi connectivity index (χ1n) is 7.46. The highest BCUT2D eigenvalue weighted by Gasteiger charge is 2.24. The summed E-state index contributed by atoms with van der Waals surface area (Å²) in [7, 11) is 0. The molecule has 0 fully saturated rings. The molecule has 3 aromatic rings. The molecule has 0 saturated heterocycles. The maximum atomic E-state index is 12.1. The molecule has 3 nitrogen and oxygen atoms in total. The standard InChI is InChI=1S/C20H12INO2/c21-17-9-7-15(8-10-17)19-22-18(20(23)24-19)12-13-5-6-14-3-1-2-4-16(14)11-13/h1-12H. The Balaban J connectivity index is 1.70. The van der Waals surface area contributed by atoms with Crippen molar-refractivity contribution < 1.29 is 9.53 Å². The Labute approximate surface area is 152 Å². The monoisotopic (exact) mass is 425 g/mol. The van der Waals surface area contributed by atoms with Crippen LogP contribution in [0.2, 0.25) is 0 Å². The van der Waals surface area contributed by atoms with Crippen molar-refractivity contribution in [3.8, 4) is 0 Å². The summed E-state index contributed by atoms with van der Waals surface area (Å²) in [6, 6.07) is 21.9. The molecule has 0 saturated carbocycles. The van der Waals surface area contributed by atoms with E-state index in [0.717, 1.165) is 25.5 Å². The normalized spacial score (nSPS) is 15.6. The third kappa shape index (κ3) is 2.97. The average molecular weight is 425 g/mol. The van der Waals surface area contributed by atoms with Gasteiger partial charge < -0.3 is 4.74 Å². The zero-order valence-corrected chi connectivity index (χ0v) is 14.7. The highest BCUT2D eigenvalue weighted by molar-refractivity contribution is 14.1. The van der Waals surface area contributed by atoms with E-state index in [1.54, 1.807) is 6.08 Å². The van der Waals surface area contributed by atoms with E-state index >= 15 is 0 Å². The summed E-state index contributed by atoms with van der Waals surface area (Å²) in [4.78, 5) is 16.4. The van der Waals surface area contributed by atoms with E-state index in [9.17, 15) is 4.79 Å². The van der Waals surface area contributed by atoms with Crippen LogP contribution in [-0.4, -0.2) is 11.9 Å². The molecular weight excluding hydrogens is 413 g/mol. The Morgan fingerprint density at radius 2 is 1.67 bits per heavy atom. The Morgan fingerprint density at radius 1 is 0.917 bits per heavy atom. The van der Waals surface area contributed by atoms with Gasteiger partial charge in [-0.1, -0.05) is 36.4 Å². The molecule has 0 N–H and O–H groups in total. The second-order valence-electron chi connectivity index (χ2n) is 5.45. The number of rotatable bonds is 2. The Bertz CT molecular complexity index is 1000. The largest absolute Gasteiger partial charge is 0.402 e. The van der Waals surface area contributed by atoms with Crippen molar-refractivity contribution in [3.05, 3.63) is 87.1 Å². The van der Waals surface area contributed by atoms with Crippen molar-refractivity contribution in [1.82, 2.24) is 0 Å². The number of ether oxygens (including phenoxy) is 1. The predicted molar refractivity (Wildman–Crippen MR) is 104 cm³/mol. The first kappa shape index (κ1) is 15.1. The van der Waals surface area contributed by atoms with Crippen molar-refractivity contribution in [2.24, 2.45) is 4.99 Å². The van der Waals surface area contributed by atoms with Crippen molar-refractivity contribution in [1.29, 1.82) is 0 Å². The van der Waals surface area contributed by atoms with Gasteiger partial charge in [0.15, 0.2) is 5.70 Å². The van der Waals surface area contributed by atoms with Crippen LogP contribution in [0.25, 0.3) is 16.8 Å². The summed E-state index contributed by atoms with van der Waals surface area (Å²) in [5, 5.41) is 2.29. The summed E-state index contributed by atoms with van der Waals surface area (Å²) in [5.74, 6) is -0.0693. The van der Waals surface area contributed by atoms with Crippen LogP contribution >= 0.6 is 22.6 Å². The topological polar surface area (TPSA) is 38.7 Å². The zero-order chi connectivity index (χ0) is 16.5. The van der Waals surface area contributed by atoms with Gasteiger partial charge in [0, 0.05) is 9.13 Å². The third-order valence-corrected chi connectivity index (χ3v) is 4.51. The number of hydrogen-bond donors (Lipinski definition) is 0. The number of nitrogens with zero attached hydrogens (tertiary/aromatic N) is 1. The molecule has 4 heteroatoms. The molecule has 0 aromatic heterocycles. The van der Waals surface area contributed by atoms with E-state index in [1.165, 1.54) is 0 Å². The van der Waals surface area contributed by atoms with Crippen LogP contribution in [0.5, 0.6) is 0 Å². The van der Waals surface area contributed by atoms with Gasteiger partial charge in [-0.15, -0.1) is 0 Å². The maximum Gasteiger partial charge on any atom is 0.363 e. The number of aliphatic imine (C=N–C) groups is 1. The lowest BCUT2D eigenvalue weighted by Crippen LogP contribution is -2.05. The number of cyclic esters (lactones) is 1. The van der Waals surface area contributed by atoms with E-state index in [-0.39, 0.29) is 0 Å². The van der Waals surface area contributed by atoms with Gasteiger partial charge in [0.05, 0.1) is 0 Å². The summed E-state index contributed by atoms with van der Waals surface area (Å²) < 4.78 is 6.42. The highest BCUT2D eigenvalue weighted by Crippen LogP contribution is 2.22. The number of halogens is 1. The summed E-state index contributed by atoms with van der Waals surface area (Å²) in [5.41, 5.74) is 2.04. The predicted octanol–water partition coefficient (Wildman–Crippen LogP) is 4.79. The summed E-state index contributed by atoms with van der Waals surface area (Å²) >= 11 is 2.23. The molecule has 1 aliphatic heterocycles. The van der Waals surface area contributed by atoms with Crippen LogP contribution in [0, 0.1) is 3.57 Å². The number of fused-ring (bicyclic) bond motifs is 1. The lowest BCUT2D eigenvalue weighted by Gasteiger charge is -1.99. The minimum Gasteiger partial charge on any atom is -0.402 e. The van der Waals surface area contributed by atoms with E-state index < -0.39 is 5.97 Å². The van der Waals surface area contributed by atoms with Crippen LogP contribution in [0.4, 0.5) is 0 Å². The van der Waals surface area contributed by atoms with Gasteiger partial charge in [-0.05, 0) is 75.3 Å². The van der Waals surface area contributed by atoms with Crippen LogP contribution in [0.1, 0.15) is 11.1 Å². The van der Waals surface area contributed by atoms with E-state index in [1.807, 2.05) is 60.7 Å². The lowest BCUT2D eigenvalue weighted by atomic mass is 10.1. The third-order valence-electron chi connectivity index (χ3n) is 3.79. The van der Waals surface area contributed by atoms with Gasteiger partial charge >= 0.3 is 5.97 Å². The number of hydrogen-bond acceptors (Lipinski definition) is 3. The number of esters is 1. The SMILES string of the molecule is O=C1OC(c2ccc(I)cc2)=NC1=Cc1ccc2ccccc2c1. The van der Waals surface area contributed by atoms with Gasteiger partial charge in [-0.25, -0.2) is 9.79 Å². The van der Waals surface area contributed by atoms with Crippen LogP contribution in [-0.2, 0) is 9.53 Å². The van der Waals surface area contributed by atoms with E-state index in [0.29, 0.717) is 11.6 Å². The smallest absolute Gasteiger partial charge is 0.363 e. The fourth-order valence-corrected chi connectivity index (χ4v) is 2.94. The Hall–Kier alpha value is -2.47. The molecule has 24 heavy (non-hydrogen) atoms. The summed E-state index contributed by atoms with van der Waals surface area (Å²) in [6.07, 6.45) is 1.76. The quantitative estimate of drug-likeness (QED) is 0.337. The molecule has 0 spiro atoms.